The highest BCUT2D eigenvalue weighted by Crippen LogP contribution is 2.26. The summed E-state index contributed by atoms with van der Waals surface area (Å²) in [5.74, 6) is -7.28. The van der Waals surface area contributed by atoms with Crippen molar-refractivity contribution in [3.8, 4) is 0 Å². The molecule has 9 heteroatoms. The van der Waals surface area contributed by atoms with Gasteiger partial charge in [-0.1, -0.05) is 0 Å². The number of Topliss-reactive ketones (excluding diaryl/α,β-unsaturated/α-hetero) is 1. The molecule has 0 unspecified atom stereocenters. The normalized spacial score (nSPS) is 11.9. The number of rotatable bonds is 3. The Balaban J connectivity index is 3.50. The molecule has 1 heterocycles. The zero-order chi connectivity index (χ0) is 14.2. The molecule has 0 aliphatic rings. The molecule has 100 valence electrons. The van der Waals surface area contributed by atoms with Crippen LogP contribution in [0.1, 0.15) is 10.4 Å². The first-order chi connectivity index (χ1) is 8.10. The molecule has 0 saturated heterocycles. The SMILES string of the molecule is Cn1cc(C(=O)C(F)(F)C(F)F)c(=O)n(C)c1=O. The number of halogens is 4. The van der Waals surface area contributed by atoms with E-state index in [1.54, 1.807) is 0 Å². The van der Waals surface area contributed by atoms with Crippen molar-refractivity contribution in [2.24, 2.45) is 14.1 Å². The summed E-state index contributed by atoms with van der Waals surface area (Å²) in [4.78, 5) is 33.8. The summed E-state index contributed by atoms with van der Waals surface area (Å²) in [5, 5.41) is 0. The molecule has 0 amide bonds. The van der Waals surface area contributed by atoms with Crippen molar-refractivity contribution in [3.63, 3.8) is 0 Å². The van der Waals surface area contributed by atoms with Crippen molar-refractivity contribution in [2.45, 2.75) is 12.3 Å². The van der Waals surface area contributed by atoms with Crippen molar-refractivity contribution in [2.75, 3.05) is 0 Å². The number of hydrogen-bond acceptors (Lipinski definition) is 3. The Labute approximate surface area is 97.3 Å². The Morgan fingerprint density at radius 2 is 1.78 bits per heavy atom. The highest BCUT2D eigenvalue weighted by molar-refractivity contribution is 6.01. The molecule has 0 radical (unpaired) electrons. The molecule has 0 bridgehead atoms. The van der Waals surface area contributed by atoms with Crippen molar-refractivity contribution in [3.05, 3.63) is 32.6 Å². The fourth-order valence-corrected chi connectivity index (χ4v) is 1.24. The van der Waals surface area contributed by atoms with Crippen LogP contribution in [0.5, 0.6) is 0 Å². The van der Waals surface area contributed by atoms with Gasteiger partial charge in [0.2, 0.25) is 5.78 Å². The molecular weight excluding hydrogens is 260 g/mol. The lowest BCUT2D eigenvalue weighted by atomic mass is 10.1. The van der Waals surface area contributed by atoms with Crippen LogP contribution in [-0.4, -0.2) is 27.3 Å². The third-order valence-corrected chi connectivity index (χ3v) is 2.27. The van der Waals surface area contributed by atoms with Gasteiger partial charge in [0.25, 0.3) is 5.56 Å². The number of alkyl halides is 4. The summed E-state index contributed by atoms with van der Waals surface area (Å²) in [6, 6.07) is 0. The van der Waals surface area contributed by atoms with E-state index in [0.29, 0.717) is 15.3 Å². The second kappa shape index (κ2) is 4.39. The Morgan fingerprint density at radius 1 is 1.28 bits per heavy atom. The van der Waals surface area contributed by atoms with E-state index in [2.05, 4.69) is 0 Å². The third-order valence-electron chi connectivity index (χ3n) is 2.27. The second-order valence-electron chi connectivity index (χ2n) is 3.55. The quantitative estimate of drug-likeness (QED) is 0.580. The van der Waals surface area contributed by atoms with Crippen molar-refractivity contribution in [1.82, 2.24) is 9.13 Å². The molecule has 5 nitrogen and oxygen atoms in total. The fraction of sp³-hybridized carbons (Fsp3) is 0.444. The lowest BCUT2D eigenvalue weighted by molar-refractivity contribution is -0.0959. The molecule has 0 spiro atoms. The summed E-state index contributed by atoms with van der Waals surface area (Å²) >= 11 is 0. The lowest BCUT2D eigenvalue weighted by Gasteiger charge is -2.14. The van der Waals surface area contributed by atoms with E-state index in [4.69, 9.17) is 0 Å². The van der Waals surface area contributed by atoms with Crippen LogP contribution in [0.3, 0.4) is 0 Å². The largest absolute Gasteiger partial charge is 0.369 e. The van der Waals surface area contributed by atoms with E-state index in [0.717, 1.165) is 14.1 Å². The standard InChI is InChI=1S/C9H8F4N2O3/c1-14-3-4(6(17)15(2)8(14)18)5(16)9(12,13)7(10)11/h3,7H,1-2H3. The van der Waals surface area contributed by atoms with Crippen molar-refractivity contribution in [1.29, 1.82) is 0 Å². The first kappa shape index (κ1) is 14.1. The third kappa shape index (κ3) is 2.07. The number of hydrogen-bond donors (Lipinski definition) is 0. The summed E-state index contributed by atoms with van der Waals surface area (Å²) in [7, 11) is 2.04. The topological polar surface area (TPSA) is 61.1 Å². The van der Waals surface area contributed by atoms with Gasteiger partial charge in [0.05, 0.1) is 0 Å². The van der Waals surface area contributed by atoms with E-state index < -0.39 is 34.9 Å². The van der Waals surface area contributed by atoms with Gasteiger partial charge in [0.15, 0.2) is 0 Å². The van der Waals surface area contributed by atoms with Gasteiger partial charge in [0, 0.05) is 20.3 Å². The van der Waals surface area contributed by atoms with Crippen LogP contribution in [0, 0.1) is 0 Å². The minimum Gasteiger partial charge on any atom is -0.303 e. The summed E-state index contributed by atoms with van der Waals surface area (Å²) in [6.45, 7) is 0. The van der Waals surface area contributed by atoms with Gasteiger partial charge in [-0.2, -0.15) is 8.78 Å². The van der Waals surface area contributed by atoms with E-state index in [1.807, 2.05) is 0 Å². The van der Waals surface area contributed by atoms with Crippen LogP contribution in [0.15, 0.2) is 15.8 Å². The Bertz CT molecular complexity index is 603. The average molecular weight is 268 g/mol. The molecule has 0 atom stereocenters. The Morgan fingerprint density at radius 3 is 2.22 bits per heavy atom. The maximum atomic E-state index is 12.8. The highest BCUT2D eigenvalue weighted by Gasteiger charge is 2.50. The summed E-state index contributed by atoms with van der Waals surface area (Å²) < 4.78 is 50.8. The first-order valence-electron chi connectivity index (χ1n) is 4.58. The van der Waals surface area contributed by atoms with Gasteiger partial charge in [-0.05, 0) is 0 Å². The maximum absolute atomic E-state index is 12.8. The van der Waals surface area contributed by atoms with E-state index in [-0.39, 0.29) is 0 Å². The van der Waals surface area contributed by atoms with Crippen molar-refractivity contribution >= 4 is 5.78 Å². The van der Waals surface area contributed by atoms with Gasteiger partial charge < -0.3 is 4.57 Å². The molecule has 0 fully saturated rings. The van der Waals surface area contributed by atoms with Crippen LogP contribution in [0.4, 0.5) is 17.6 Å². The van der Waals surface area contributed by atoms with Gasteiger partial charge in [-0.15, -0.1) is 0 Å². The molecule has 0 N–H and O–H groups in total. The second-order valence-corrected chi connectivity index (χ2v) is 3.55. The average Bonchev–Trinajstić information content (AvgIpc) is 2.30. The van der Waals surface area contributed by atoms with Crippen molar-refractivity contribution < 1.29 is 22.4 Å². The van der Waals surface area contributed by atoms with Crippen LogP contribution in [0.25, 0.3) is 0 Å². The van der Waals surface area contributed by atoms with E-state index in [1.165, 1.54) is 0 Å². The highest BCUT2D eigenvalue weighted by atomic mass is 19.3. The first-order valence-corrected chi connectivity index (χ1v) is 4.58. The summed E-state index contributed by atoms with van der Waals surface area (Å²) in [5.41, 5.74) is -3.37. The van der Waals surface area contributed by atoms with E-state index in [9.17, 15) is 31.9 Å². The zero-order valence-electron chi connectivity index (χ0n) is 9.29. The summed E-state index contributed by atoms with van der Waals surface area (Å²) in [6.07, 6.45) is -3.71. The Kier molecular flexibility index (Phi) is 3.45. The predicted octanol–water partition coefficient (Wildman–Crippen LogP) is 0.167. The fourth-order valence-electron chi connectivity index (χ4n) is 1.24. The van der Waals surface area contributed by atoms with Crippen LogP contribution >= 0.6 is 0 Å². The molecule has 0 aliphatic heterocycles. The number of aromatic nitrogens is 2. The lowest BCUT2D eigenvalue weighted by Crippen LogP contribution is -2.45. The number of carbonyl (C=O) groups is 1. The molecule has 0 saturated carbocycles. The number of carbonyl (C=O) groups excluding carboxylic acids is 1. The maximum Gasteiger partial charge on any atom is 0.369 e. The molecule has 0 aromatic carbocycles. The van der Waals surface area contributed by atoms with Gasteiger partial charge in [-0.3, -0.25) is 14.2 Å². The van der Waals surface area contributed by atoms with Gasteiger partial charge in [0.1, 0.15) is 5.56 Å². The molecule has 0 aliphatic carbocycles. The number of ketones is 1. The molecular formula is C9H8F4N2O3. The van der Waals surface area contributed by atoms with Crippen LogP contribution in [0.2, 0.25) is 0 Å². The zero-order valence-corrected chi connectivity index (χ0v) is 9.29. The van der Waals surface area contributed by atoms with Crippen LogP contribution in [-0.2, 0) is 14.1 Å². The van der Waals surface area contributed by atoms with E-state index >= 15 is 0 Å². The molecule has 1 aromatic rings. The molecule has 1 rings (SSSR count). The van der Waals surface area contributed by atoms with Gasteiger partial charge >= 0.3 is 18.0 Å². The predicted molar refractivity (Wildman–Crippen MR) is 52.2 cm³/mol. The minimum absolute atomic E-state index is 0.384. The van der Waals surface area contributed by atoms with Gasteiger partial charge in [-0.25, -0.2) is 13.6 Å². The smallest absolute Gasteiger partial charge is 0.303 e. The Hall–Kier alpha value is -1.93. The molecule has 18 heavy (non-hydrogen) atoms. The minimum atomic E-state index is -4.97. The van der Waals surface area contributed by atoms with Crippen LogP contribution < -0.4 is 11.2 Å². The monoisotopic (exact) mass is 268 g/mol. The molecule has 1 aromatic heterocycles. The number of aryl methyl sites for hydroxylation is 1. The number of nitrogens with zero attached hydrogens (tertiary/aromatic N) is 2.